The van der Waals surface area contributed by atoms with Gasteiger partial charge in [0.25, 0.3) is 0 Å². The van der Waals surface area contributed by atoms with E-state index >= 15 is 0 Å². The van der Waals surface area contributed by atoms with E-state index in [1.54, 1.807) is 11.0 Å². The first-order valence-corrected chi connectivity index (χ1v) is 10.2. The fraction of sp³-hybridized carbons (Fsp3) is 0.600. The largest absolute Gasteiger partial charge is 0.352 e. The van der Waals surface area contributed by atoms with Crippen LogP contribution in [0, 0.1) is 5.92 Å². The quantitative estimate of drug-likeness (QED) is 0.767. The van der Waals surface area contributed by atoms with Crippen LogP contribution in [0.2, 0.25) is 0 Å². The summed E-state index contributed by atoms with van der Waals surface area (Å²) in [7, 11) is 0. The van der Waals surface area contributed by atoms with E-state index in [-0.39, 0.29) is 17.4 Å². The lowest BCUT2D eigenvalue weighted by Crippen LogP contribution is -2.70. The van der Waals surface area contributed by atoms with Crippen molar-refractivity contribution >= 4 is 5.91 Å². The second kappa shape index (κ2) is 7.25. The van der Waals surface area contributed by atoms with E-state index in [2.05, 4.69) is 61.0 Å². The SMILES string of the molecule is O=C(CCCn1cnnn1)NC1C2CN3CCN(C2)CC1(c1ccccc1)C3. The molecule has 4 aliphatic rings. The number of aryl methyl sites for hydroxylation is 1. The number of tetrazole rings is 1. The van der Waals surface area contributed by atoms with Gasteiger partial charge in [0, 0.05) is 69.6 Å². The molecule has 3 unspecified atom stereocenters. The molecule has 4 fully saturated rings. The molecule has 0 radical (unpaired) electrons. The maximum atomic E-state index is 12.8. The highest BCUT2D eigenvalue weighted by molar-refractivity contribution is 5.76. The summed E-state index contributed by atoms with van der Waals surface area (Å²) in [6.07, 6.45) is 2.83. The van der Waals surface area contributed by atoms with Gasteiger partial charge in [0.2, 0.25) is 5.91 Å². The summed E-state index contributed by atoms with van der Waals surface area (Å²) in [5.74, 6) is 0.623. The van der Waals surface area contributed by atoms with Gasteiger partial charge in [0.15, 0.2) is 0 Å². The predicted octanol–water partition coefficient (Wildman–Crippen LogP) is 0.137. The Kier molecular flexibility index (Phi) is 4.60. The zero-order chi connectivity index (χ0) is 19.0. The first kappa shape index (κ1) is 17.8. The number of aromatic nitrogens is 4. The zero-order valence-corrected chi connectivity index (χ0v) is 16.1. The summed E-state index contributed by atoms with van der Waals surface area (Å²) in [4.78, 5) is 18.0. The Hall–Kier alpha value is -2.32. The van der Waals surface area contributed by atoms with E-state index in [9.17, 15) is 4.79 Å². The minimum atomic E-state index is -0.0234. The monoisotopic (exact) mass is 381 g/mol. The standard InChI is InChI=1S/C20H27N7O/c28-18(7-4-8-27-15-21-23-24-27)22-19-16-11-25-9-10-26(12-16)14-20(19,13-25)17-5-2-1-3-6-17/h1-3,5-6,15-16,19H,4,7-14H2,(H,22,28). The van der Waals surface area contributed by atoms with Crippen molar-refractivity contribution in [3.05, 3.63) is 42.2 Å². The van der Waals surface area contributed by atoms with Crippen LogP contribution in [0.15, 0.2) is 36.7 Å². The summed E-state index contributed by atoms with van der Waals surface area (Å²) < 4.78 is 1.67. The van der Waals surface area contributed by atoms with Gasteiger partial charge in [0.1, 0.15) is 6.33 Å². The normalized spacial score (nSPS) is 33.6. The molecular formula is C20H27N7O. The highest BCUT2D eigenvalue weighted by Gasteiger charge is 2.55. The second-order valence-corrected chi connectivity index (χ2v) is 8.47. The molecule has 4 bridgehead atoms. The molecule has 8 heteroatoms. The molecule has 4 saturated heterocycles. The highest BCUT2D eigenvalue weighted by atomic mass is 16.1. The molecule has 2 aromatic rings. The molecule has 0 saturated carbocycles. The van der Waals surface area contributed by atoms with Gasteiger partial charge in [0.05, 0.1) is 0 Å². The summed E-state index contributed by atoms with van der Waals surface area (Å²) in [5, 5.41) is 14.6. The number of amides is 1. The molecule has 148 valence electrons. The van der Waals surface area contributed by atoms with Gasteiger partial charge in [-0.3, -0.25) is 4.79 Å². The minimum Gasteiger partial charge on any atom is -0.352 e. The van der Waals surface area contributed by atoms with E-state index in [4.69, 9.17) is 0 Å². The molecule has 5 heterocycles. The number of fused-ring (bicyclic) bond motifs is 1. The van der Waals surface area contributed by atoms with Crippen LogP contribution in [0.3, 0.4) is 0 Å². The van der Waals surface area contributed by atoms with E-state index in [0.717, 1.165) is 45.7 Å². The van der Waals surface area contributed by atoms with Crippen LogP contribution in [-0.4, -0.2) is 81.2 Å². The number of nitrogens with zero attached hydrogens (tertiary/aromatic N) is 6. The molecule has 1 aromatic heterocycles. The van der Waals surface area contributed by atoms with Crippen LogP contribution in [0.5, 0.6) is 0 Å². The van der Waals surface area contributed by atoms with Crippen molar-refractivity contribution in [1.29, 1.82) is 0 Å². The summed E-state index contributed by atoms with van der Waals surface area (Å²) in [6, 6.07) is 11.0. The van der Waals surface area contributed by atoms with Crippen molar-refractivity contribution in [2.75, 3.05) is 39.3 Å². The van der Waals surface area contributed by atoms with Crippen molar-refractivity contribution < 1.29 is 4.79 Å². The molecule has 0 aliphatic carbocycles. The number of hydrogen-bond acceptors (Lipinski definition) is 6. The average molecular weight is 381 g/mol. The van der Waals surface area contributed by atoms with Crippen LogP contribution in [-0.2, 0) is 16.8 Å². The first-order chi connectivity index (χ1) is 13.7. The van der Waals surface area contributed by atoms with Gasteiger partial charge < -0.3 is 15.1 Å². The number of nitrogens with one attached hydrogen (secondary N) is 1. The lowest BCUT2D eigenvalue weighted by molar-refractivity contribution is -0.124. The van der Waals surface area contributed by atoms with Gasteiger partial charge in [-0.25, -0.2) is 4.68 Å². The summed E-state index contributed by atoms with van der Waals surface area (Å²) in [5.41, 5.74) is 1.33. The van der Waals surface area contributed by atoms with E-state index in [1.807, 2.05) is 0 Å². The van der Waals surface area contributed by atoms with Crippen LogP contribution in [0.1, 0.15) is 18.4 Å². The fourth-order valence-corrected chi connectivity index (χ4v) is 5.50. The smallest absolute Gasteiger partial charge is 0.220 e. The molecule has 1 N–H and O–H groups in total. The second-order valence-electron chi connectivity index (χ2n) is 8.47. The minimum absolute atomic E-state index is 0.0234. The van der Waals surface area contributed by atoms with Crippen molar-refractivity contribution in [3.63, 3.8) is 0 Å². The molecule has 28 heavy (non-hydrogen) atoms. The third kappa shape index (κ3) is 3.20. The molecular weight excluding hydrogens is 354 g/mol. The number of benzene rings is 1. The Labute approximate surface area is 164 Å². The molecule has 3 atom stereocenters. The van der Waals surface area contributed by atoms with Crippen molar-refractivity contribution in [3.8, 4) is 0 Å². The predicted molar refractivity (Wildman–Crippen MR) is 103 cm³/mol. The molecule has 6 rings (SSSR count). The van der Waals surface area contributed by atoms with Gasteiger partial charge in [-0.2, -0.15) is 0 Å². The maximum absolute atomic E-state index is 12.8. The van der Waals surface area contributed by atoms with E-state index in [0.29, 0.717) is 18.9 Å². The molecule has 8 nitrogen and oxygen atoms in total. The Morgan fingerprint density at radius 2 is 1.89 bits per heavy atom. The molecule has 1 aromatic carbocycles. The van der Waals surface area contributed by atoms with Crippen molar-refractivity contribution in [2.24, 2.45) is 5.92 Å². The van der Waals surface area contributed by atoms with Gasteiger partial charge in [-0.15, -0.1) is 5.10 Å². The Balaban J connectivity index is 1.34. The summed E-state index contributed by atoms with van der Waals surface area (Å²) in [6.45, 7) is 7.16. The third-order valence-electron chi connectivity index (χ3n) is 6.64. The number of piperidine rings is 2. The summed E-state index contributed by atoms with van der Waals surface area (Å²) >= 11 is 0. The maximum Gasteiger partial charge on any atom is 0.220 e. The lowest BCUT2D eigenvalue weighted by atomic mass is 9.64. The average Bonchev–Trinajstić information content (AvgIpc) is 3.09. The van der Waals surface area contributed by atoms with Gasteiger partial charge in [-0.05, 0) is 22.4 Å². The van der Waals surface area contributed by atoms with E-state index in [1.165, 1.54) is 5.56 Å². The first-order valence-electron chi connectivity index (χ1n) is 10.2. The van der Waals surface area contributed by atoms with Crippen LogP contribution in [0.4, 0.5) is 0 Å². The van der Waals surface area contributed by atoms with Gasteiger partial charge >= 0.3 is 0 Å². The van der Waals surface area contributed by atoms with Crippen molar-refractivity contribution in [2.45, 2.75) is 30.8 Å². The Bertz CT molecular complexity index is 793. The van der Waals surface area contributed by atoms with Gasteiger partial charge in [-0.1, -0.05) is 30.3 Å². The fourth-order valence-electron chi connectivity index (χ4n) is 5.50. The van der Waals surface area contributed by atoms with Crippen LogP contribution >= 0.6 is 0 Å². The molecule has 0 spiro atoms. The number of rotatable bonds is 6. The number of hydrogen-bond donors (Lipinski definition) is 1. The van der Waals surface area contributed by atoms with Crippen molar-refractivity contribution in [1.82, 2.24) is 35.3 Å². The zero-order valence-electron chi connectivity index (χ0n) is 16.1. The number of carbonyl (C=O) groups is 1. The Morgan fingerprint density at radius 1 is 1.14 bits per heavy atom. The lowest BCUT2D eigenvalue weighted by Gasteiger charge is -2.55. The highest BCUT2D eigenvalue weighted by Crippen LogP contribution is 2.43. The number of carbonyl (C=O) groups excluding carboxylic acids is 1. The third-order valence-corrected chi connectivity index (χ3v) is 6.64. The Morgan fingerprint density at radius 3 is 2.57 bits per heavy atom. The van der Waals surface area contributed by atoms with Crippen LogP contribution in [0.25, 0.3) is 0 Å². The van der Waals surface area contributed by atoms with Crippen LogP contribution < -0.4 is 5.32 Å². The molecule has 4 aliphatic heterocycles. The van der Waals surface area contributed by atoms with E-state index < -0.39 is 0 Å². The topological polar surface area (TPSA) is 79.2 Å². The molecule has 1 amide bonds.